The number of benzene rings is 2. The summed E-state index contributed by atoms with van der Waals surface area (Å²) in [5.74, 6) is 2.21. The zero-order valence-electron chi connectivity index (χ0n) is 16.4. The Bertz CT molecular complexity index is 1190. The van der Waals surface area contributed by atoms with E-state index in [1.165, 1.54) is 6.07 Å². The molecule has 1 N–H and O–H groups in total. The Morgan fingerprint density at radius 2 is 1.72 bits per heavy atom. The maximum atomic E-state index is 12.0. The fourth-order valence-electron chi connectivity index (χ4n) is 3.23. The van der Waals surface area contributed by atoms with Crippen LogP contribution in [0.2, 0.25) is 0 Å². The highest BCUT2D eigenvalue weighted by Gasteiger charge is 2.13. The maximum absolute atomic E-state index is 12.0. The second-order valence-electron chi connectivity index (χ2n) is 6.68. The summed E-state index contributed by atoms with van der Waals surface area (Å²) in [4.78, 5) is 14.0. The topological polar surface area (TPSA) is 80.6 Å². The molecule has 4 aromatic rings. The molecule has 0 saturated heterocycles. The van der Waals surface area contributed by atoms with Crippen molar-refractivity contribution in [1.82, 2.24) is 10.2 Å². The van der Waals surface area contributed by atoms with E-state index in [0.29, 0.717) is 17.9 Å². The largest absolute Gasteiger partial charge is 0.497 e. The number of rotatable bonds is 6. The van der Waals surface area contributed by atoms with Gasteiger partial charge in [-0.1, -0.05) is 0 Å². The molecule has 0 aliphatic heterocycles. The van der Waals surface area contributed by atoms with E-state index in [-0.39, 0.29) is 0 Å². The SMILES string of the molecule is COc1ccc(-c2cc(N(C)Cc3cc(=O)oc4cc(OC)ccc34)n[nH]2)cc1. The average molecular weight is 391 g/mol. The number of hydrogen-bond donors (Lipinski definition) is 1. The molecule has 0 spiro atoms. The predicted octanol–water partition coefficient (Wildman–Crippen LogP) is 3.84. The van der Waals surface area contributed by atoms with Crippen molar-refractivity contribution in [3.63, 3.8) is 0 Å². The molecule has 7 nitrogen and oxygen atoms in total. The average Bonchev–Trinajstić information content (AvgIpc) is 3.23. The third kappa shape index (κ3) is 3.80. The minimum absolute atomic E-state index is 0.393. The Morgan fingerprint density at radius 1 is 1.00 bits per heavy atom. The fourth-order valence-corrected chi connectivity index (χ4v) is 3.23. The monoisotopic (exact) mass is 391 g/mol. The van der Waals surface area contributed by atoms with Crippen LogP contribution in [0.15, 0.2) is 63.8 Å². The summed E-state index contributed by atoms with van der Waals surface area (Å²) in [5.41, 5.74) is 2.87. The van der Waals surface area contributed by atoms with Crippen molar-refractivity contribution in [2.45, 2.75) is 6.54 Å². The molecule has 0 atom stereocenters. The molecule has 0 aliphatic rings. The van der Waals surface area contributed by atoms with Crippen molar-refractivity contribution in [2.75, 3.05) is 26.2 Å². The Labute approximate surface area is 167 Å². The van der Waals surface area contributed by atoms with E-state index in [9.17, 15) is 4.79 Å². The molecular formula is C22H21N3O4. The van der Waals surface area contributed by atoms with Crippen LogP contribution in [-0.2, 0) is 6.54 Å². The molecule has 148 valence electrons. The van der Waals surface area contributed by atoms with Crippen LogP contribution < -0.4 is 20.0 Å². The minimum Gasteiger partial charge on any atom is -0.497 e. The summed E-state index contributed by atoms with van der Waals surface area (Å²) in [6, 6.07) is 16.7. The van der Waals surface area contributed by atoms with Gasteiger partial charge in [0.25, 0.3) is 0 Å². The van der Waals surface area contributed by atoms with E-state index in [4.69, 9.17) is 13.9 Å². The van der Waals surface area contributed by atoms with E-state index in [0.717, 1.165) is 33.8 Å². The number of methoxy groups -OCH3 is 2. The van der Waals surface area contributed by atoms with Gasteiger partial charge in [0.2, 0.25) is 0 Å². The van der Waals surface area contributed by atoms with Crippen LogP contribution in [0.3, 0.4) is 0 Å². The summed E-state index contributed by atoms with van der Waals surface area (Å²) < 4.78 is 15.7. The van der Waals surface area contributed by atoms with Crippen LogP contribution in [0.5, 0.6) is 11.5 Å². The van der Waals surface area contributed by atoms with E-state index in [1.54, 1.807) is 20.3 Å². The van der Waals surface area contributed by atoms with Gasteiger partial charge >= 0.3 is 5.63 Å². The number of anilines is 1. The van der Waals surface area contributed by atoms with Crippen molar-refractivity contribution >= 4 is 16.8 Å². The second-order valence-corrected chi connectivity index (χ2v) is 6.68. The Hall–Kier alpha value is -3.74. The predicted molar refractivity (Wildman–Crippen MR) is 112 cm³/mol. The number of aromatic nitrogens is 2. The second kappa shape index (κ2) is 7.71. The van der Waals surface area contributed by atoms with Crippen molar-refractivity contribution in [3.05, 3.63) is 70.6 Å². The first-order valence-electron chi connectivity index (χ1n) is 9.09. The third-order valence-electron chi connectivity index (χ3n) is 4.80. The van der Waals surface area contributed by atoms with Gasteiger partial charge in [0.15, 0.2) is 5.82 Å². The summed E-state index contributed by atoms with van der Waals surface area (Å²) in [5, 5.41) is 8.33. The van der Waals surface area contributed by atoms with E-state index in [2.05, 4.69) is 10.2 Å². The molecule has 2 heterocycles. The molecule has 0 amide bonds. The fraction of sp³-hybridized carbons (Fsp3) is 0.182. The Balaban J connectivity index is 1.60. The molecular weight excluding hydrogens is 370 g/mol. The highest BCUT2D eigenvalue weighted by atomic mass is 16.5. The van der Waals surface area contributed by atoms with Gasteiger partial charge in [-0.2, -0.15) is 5.10 Å². The number of nitrogens with one attached hydrogen (secondary N) is 1. The number of H-pyrrole nitrogens is 1. The lowest BCUT2D eigenvalue weighted by molar-refractivity contribution is 0.414. The summed E-state index contributed by atoms with van der Waals surface area (Å²) in [7, 11) is 5.15. The van der Waals surface area contributed by atoms with Crippen LogP contribution in [0.1, 0.15) is 5.56 Å². The molecule has 0 bridgehead atoms. The number of hydrogen-bond acceptors (Lipinski definition) is 6. The van der Waals surface area contributed by atoms with E-state index < -0.39 is 5.63 Å². The molecule has 2 aromatic carbocycles. The standard InChI is InChI=1S/C22H21N3O4/c1-25(21-12-19(23-24-21)14-4-6-16(27-2)7-5-14)13-15-10-22(26)29-20-11-17(28-3)8-9-18(15)20/h4-12H,13H2,1-3H3,(H,23,24). The van der Waals surface area contributed by atoms with Gasteiger partial charge < -0.3 is 18.8 Å². The quantitative estimate of drug-likeness (QED) is 0.503. The number of ether oxygens (including phenoxy) is 2. The maximum Gasteiger partial charge on any atom is 0.336 e. The molecule has 0 radical (unpaired) electrons. The van der Waals surface area contributed by atoms with Gasteiger partial charge in [-0.3, -0.25) is 5.10 Å². The Kier molecular flexibility index (Phi) is 4.95. The lowest BCUT2D eigenvalue weighted by Gasteiger charge is -2.17. The summed E-state index contributed by atoms with van der Waals surface area (Å²) >= 11 is 0. The van der Waals surface area contributed by atoms with E-state index in [1.807, 2.05) is 54.4 Å². The highest BCUT2D eigenvalue weighted by molar-refractivity contribution is 5.82. The van der Waals surface area contributed by atoms with Gasteiger partial charge in [-0.25, -0.2) is 4.79 Å². The molecule has 7 heteroatoms. The zero-order valence-corrected chi connectivity index (χ0v) is 16.4. The lowest BCUT2D eigenvalue weighted by Crippen LogP contribution is -2.18. The van der Waals surface area contributed by atoms with Gasteiger partial charge in [-0.05, 0) is 47.5 Å². The van der Waals surface area contributed by atoms with Crippen molar-refractivity contribution in [1.29, 1.82) is 0 Å². The number of nitrogens with zero attached hydrogens (tertiary/aromatic N) is 2. The van der Waals surface area contributed by atoms with Crippen molar-refractivity contribution in [3.8, 4) is 22.8 Å². The van der Waals surface area contributed by atoms with Crippen LogP contribution in [0, 0.1) is 0 Å². The van der Waals surface area contributed by atoms with Gasteiger partial charge in [0.05, 0.1) is 19.9 Å². The van der Waals surface area contributed by atoms with E-state index >= 15 is 0 Å². The number of fused-ring (bicyclic) bond motifs is 1. The molecule has 0 fully saturated rings. The molecule has 4 rings (SSSR count). The minimum atomic E-state index is -0.393. The number of aromatic amines is 1. The normalized spacial score (nSPS) is 10.9. The summed E-state index contributed by atoms with van der Waals surface area (Å²) in [6.07, 6.45) is 0. The molecule has 0 saturated carbocycles. The zero-order chi connectivity index (χ0) is 20.4. The van der Waals surface area contributed by atoms with Crippen LogP contribution in [0.4, 0.5) is 5.82 Å². The smallest absolute Gasteiger partial charge is 0.336 e. The van der Waals surface area contributed by atoms with Gasteiger partial charge in [-0.15, -0.1) is 0 Å². The lowest BCUT2D eigenvalue weighted by atomic mass is 10.1. The van der Waals surface area contributed by atoms with Gasteiger partial charge in [0.1, 0.15) is 17.1 Å². The Morgan fingerprint density at radius 3 is 2.45 bits per heavy atom. The first-order chi connectivity index (χ1) is 14.1. The summed E-state index contributed by atoms with van der Waals surface area (Å²) in [6.45, 7) is 0.501. The molecule has 0 unspecified atom stereocenters. The van der Waals surface area contributed by atoms with Gasteiger partial charge in [0, 0.05) is 37.2 Å². The van der Waals surface area contributed by atoms with Crippen molar-refractivity contribution in [2.24, 2.45) is 0 Å². The highest BCUT2D eigenvalue weighted by Crippen LogP contribution is 2.26. The van der Waals surface area contributed by atoms with Crippen LogP contribution >= 0.6 is 0 Å². The van der Waals surface area contributed by atoms with Crippen LogP contribution in [-0.4, -0.2) is 31.5 Å². The molecule has 2 aromatic heterocycles. The first-order valence-corrected chi connectivity index (χ1v) is 9.09. The van der Waals surface area contributed by atoms with Crippen molar-refractivity contribution < 1.29 is 13.9 Å². The molecule has 29 heavy (non-hydrogen) atoms. The first kappa shape index (κ1) is 18.6. The van der Waals surface area contributed by atoms with Crippen LogP contribution in [0.25, 0.3) is 22.2 Å². The third-order valence-corrected chi connectivity index (χ3v) is 4.80. The molecule has 0 aliphatic carbocycles.